The molecule has 1 aromatic carbocycles. The highest BCUT2D eigenvalue weighted by Crippen LogP contribution is 2.20. The van der Waals surface area contributed by atoms with Gasteiger partial charge in [-0.2, -0.15) is 5.26 Å². The minimum Gasteiger partial charge on any atom is -0.490 e. The number of rotatable bonds is 3. The molecule has 0 aliphatic carbocycles. The maximum atomic E-state index is 12.5. The molecule has 6 heteroatoms. The molecule has 2 aliphatic rings. The van der Waals surface area contributed by atoms with Gasteiger partial charge >= 0.3 is 0 Å². The smallest absolute Gasteiger partial charge is 0.255 e. The van der Waals surface area contributed by atoms with E-state index in [1.165, 1.54) is 0 Å². The Morgan fingerprint density at radius 2 is 1.91 bits per heavy atom. The van der Waals surface area contributed by atoms with Crippen molar-refractivity contribution in [3.63, 3.8) is 0 Å². The van der Waals surface area contributed by atoms with Crippen molar-refractivity contribution in [1.29, 1.82) is 5.26 Å². The average molecular weight is 316 g/mol. The normalized spacial score (nSPS) is 22.4. The molecule has 1 atom stereocenters. The maximum Gasteiger partial charge on any atom is 0.255 e. The maximum absolute atomic E-state index is 12.5. The van der Waals surface area contributed by atoms with Crippen LogP contribution >= 0.6 is 0 Å². The Balaban J connectivity index is 1.64. The molecule has 2 fully saturated rings. The van der Waals surface area contributed by atoms with E-state index < -0.39 is 6.04 Å². The van der Waals surface area contributed by atoms with Crippen molar-refractivity contribution in [2.75, 3.05) is 33.0 Å². The third-order valence-corrected chi connectivity index (χ3v) is 4.11. The van der Waals surface area contributed by atoms with Crippen LogP contribution in [0.15, 0.2) is 24.3 Å². The molecule has 1 unspecified atom stereocenters. The number of ether oxygens (including phenoxy) is 3. The Morgan fingerprint density at radius 1 is 1.17 bits per heavy atom. The molecule has 23 heavy (non-hydrogen) atoms. The van der Waals surface area contributed by atoms with Gasteiger partial charge in [-0.1, -0.05) is 0 Å². The lowest BCUT2D eigenvalue weighted by molar-refractivity contribution is 0.0132. The highest BCUT2D eigenvalue weighted by Gasteiger charge is 2.28. The van der Waals surface area contributed by atoms with Crippen LogP contribution in [0.1, 0.15) is 23.2 Å². The first kappa shape index (κ1) is 15.8. The standard InChI is InChI=1S/C17H20N2O4/c18-11-14-12-22-10-7-19(14)17(20)13-1-3-15(4-2-13)23-16-5-8-21-9-6-16/h1-4,14,16H,5-10,12H2. The number of morpholine rings is 1. The Hall–Kier alpha value is -2.10. The van der Waals surface area contributed by atoms with Crippen LogP contribution < -0.4 is 4.74 Å². The van der Waals surface area contributed by atoms with E-state index in [1.54, 1.807) is 17.0 Å². The Bertz CT molecular complexity index is 575. The van der Waals surface area contributed by atoms with E-state index in [-0.39, 0.29) is 18.6 Å². The zero-order valence-corrected chi connectivity index (χ0v) is 12.9. The van der Waals surface area contributed by atoms with E-state index >= 15 is 0 Å². The number of amides is 1. The van der Waals surface area contributed by atoms with Crippen LogP contribution in [-0.2, 0) is 9.47 Å². The number of nitriles is 1. The summed E-state index contributed by atoms with van der Waals surface area (Å²) in [6, 6.07) is 8.72. The van der Waals surface area contributed by atoms with E-state index in [0.29, 0.717) is 18.7 Å². The molecule has 0 spiro atoms. The van der Waals surface area contributed by atoms with Crippen LogP contribution in [0.3, 0.4) is 0 Å². The fourth-order valence-corrected chi connectivity index (χ4v) is 2.78. The van der Waals surface area contributed by atoms with Gasteiger partial charge in [0.1, 0.15) is 17.9 Å². The van der Waals surface area contributed by atoms with Crippen molar-refractivity contribution in [2.24, 2.45) is 0 Å². The van der Waals surface area contributed by atoms with Crippen LogP contribution in [-0.4, -0.2) is 55.9 Å². The van der Waals surface area contributed by atoms with E-state index in [0.717, 1.165) is 31.8 Å². The molecule has 0 radical (unpaired) electrons. The molecule has 2 heterocycles. The number of hydrogen-bond acceptors (Lipinski definition) is 5. The number of hydrogen-bond donors (Lipinski definition) is 0. The summed E-state index contributed by atoms with van der Waals surface area (Å²) in [5, 5.41) is 9.13. The summed E-state index contributed by atoms with van der Waals surface area (Å²) in [6.07, 6.45) is 1.95. The van der Waals surface area contributed by atoms with Crippen molar-refractivity contribution in [2.45, 2.75) is 25.0 Å². The zero-order chi connectivity index (χ0) is 16.1. The van der Waals surface area contributed by atoms with Crippen LogP contribution in [0.2, 0.25) is 0 Å². The third-order valence-electron chi connectivity index (χ3n) is 4.11. The molecular weight excluding hydrogens is 296 g/mol. The second-order valence-corrected chi connectivity index (χ2v) is 5.67. The van der Waals surface area contributed by atoms with Crippen molar-refractivity contribution in [1.82, 2.24) is 4.90 Å². The van der Waals surface area contributed by atoms with Gasteiger partial charge in [-0.05, 0) is 24.3 Å². The molecule has 122 valence electrons. The Morgan fingerprint density at radius 3 is 2.61 bits per heavy atom. The van der Waals surface area contributed by atoms with E-state index in [1.807, 2.05) is 12.1 Å². The number of carbonyl (C=O) groups excluding carboxylic acids is 1. The molecule has 3 rings (SSSR count). The number of carbonyl (C=O) groups is 1. The number of nitrogens with zero attached hydrogens (tertiary/aromatic N) is 2. The second-order valence-electron chi connectivity index (χ2n) is 5.67. The molecule has 0 N–H and O–H groups in total. The van der Waals surface area contributed by atoms with Crippen LogP contribution in [0.4, 0.5) is 0 Å². The summed E-state index contributed by atoms with van der Waals surface area (Å²) >= 11 is 0. The topological polar surface area (TPSA) is 71.8 Å². The largest absolute Gasteiger partial charge is 0.490 e. The minimum atomic E-state index is -0.519. The fourth-order valence-electron chi connectivity index (χ4n) is 2.78. The van der Waals surface area contributed by atoms with E-state index in [4.69, 9.17) is 19.5 Å². The Labute approximate surface area is 135 Å². The summed E-state index contributed by atoms with van der Waals surface area (Å²) in [4.78, 5) is 14.1. The van der Waals surface area contributed by atoms with Gasteiger partial charge in [0.15, 0.2) is 0 Å². The van der Waals surface area contributed by atoms with Gasteiger partial charge in [0.2, 0.25) is 0 Å². The average Bonchev–Trinajstić information content (AvgIpc) is 2.62. The predicted octanol–water partition coefficient (Wildman–Crippen LogP) is 1.61. The van der Waals surface area contributed by atoms with Gasteiger partial charge in [-0.3, -0.25) is 4.79 Å². The summed E-state index contributed by atoms with van der Waals surface area (Å²) in [7, 11) is 0. The molecule has 0 aromatic heterocycles. The fraction of sp³-hybridized carbons (Fsp3) is 0.529. The van der Waals surface area contributed by atoms with Gasteiger partial charge in [0.25, 0.3) is 5.91 Å². The van der Waals surface area contributed by atoms with Gasteiger partial charge < -0.3 is 19.1 Å². The second kappa shape index (κ2) is 7.44. The highest BCUT2D eigenvalue weighted by molar-refractivity contribution is 5.94. The lowest BCUT2D eigenvalue weighted by atomic mass is 10.1. The third kappa shape index (κ3) is 3.81. The summed E-state index contributed by atoms with van der Waals surface area (Å²) in [6.45, 7) is 2.64. The van der Waals surface area contributed by atoms with Gasteiger partial charge in [0, 0.05) is 24.9 Å². The van der Waals surface area contributed by atoms with Gasteiger partial charge in [-0.25, -0.2) is 0 Å². The molecule has 2 saturated heterocycles. The summed E-state index contributed by atoms with van der Waals surface area (Å²) in [5.41, 5.74) is 0.562. The van der Waals surface area contributed by atoms with Crippen molar-refractivity contribution in [3.05, 3.63) is 29.8 Å². The molecule has 6 nitrogen and oxygen atoms in total. The molecule has 0 saturated carbocycles. The molecule has 1 aromatic rings. The first-order valence-corrected chi connectivity index (χ1v) is 7.91. The van der Waals surface area contributed by atoms with Crippen molar-refractivity contribution < 1.29 is 19.0 Å². The highest BCUT2D eigenvalue weighted by atomic mass is 16.5. The van der Waals surface area contributed by atoms with Gasteiger partial charge in [-0.15, -0.1) is 0 Å². The van der Waals surface area contributed by atoms with Crippen molar-refractivity contribution >= 4 is 5.91 Å². The summed E-state index contributed by atoms with van der Waals surface area (Å²) < 4.78 is 16.5. The van der Waals surface area contributed by atoms with Crippen molar-refractivity contribution in [3.8, 4) is 11.8 Å². The van der Waals surface area contributed by atoms with E-state index in [9.17, 15) is 4.79 Å². The predicted molar refractivity (Wildman–Crippen MR) is 82.2 cm³/mol. The zero-order valence-electron chi connectivity index (χ0n) is 12.9. The van der Waals surface area contributed by atoms with Gasteiger partial charge in [0.05, 0.1) is 32.5 Å². The SMILES string of the molecule is N#CC1COCCN1C(=O)c1ccc(OC2CCOCC2)cc1. The number of benzene rings is 1. The summed E-state index contributed by atoms with van der Waals surface area (Å²) in [5.74, 6) is 0.615. The lowest BCUT2D eigenvalue weighted by Crippen LogP contribution is -2.47. The van der Waals surface area contributed by atoms with E-state index in [2.05, 4.69) is 6.07 Å². The molecule has 1 amide bonds. The van der Waals surface area contributed by atoms with Crippen LogP contribution in [0.5, 0.6) is 5.75 Å². The molecule has 2 aliphatic heterocycles. The molecular formula is C17H20N2O4. The Kier molecular flexibility index (Phi) is 5.11. The molecule has 0 bridgehead atoms. The minimum absolute atomic E-state index is 0.141. The van der Waals surface area contributed by atoms with Crippen LogP contribution in [0, 0.1) is 11.3 Å². The lowest BCUT2D eigenvalue weighted by Gasteiger charge is -2.31. The first-order valence-electron chi connectivity index (χ1n) is 7.91. The first-order chi connectivity index (χ1) is 11.3. The monoisotopic (exact) mass is 316 g/mol. The quantitative estimate of drug-likeness (QED) is 0.847. The van der Waals surface area contributed by atoms with Crippen LogP contribution in [0.25, 0.3) is 0 Å².